The number of rotatable bonds is 9. The molecule has 4 N–H and O–H groups in total. The SMILES string of the molecule is CN/C(=C\C=N)c1ccc(C2CCN(C(=O)c3ccc(C)c(NC(=O)c4ccc(NC(C)C)nc4)c3)CC2C)cc1. The summed E-state index contributed by atoms with van der Waals surface area (Å²) in [6.07, 6.45) is 5.45. The van der Waals surface area contributed by atoms with Crippen molar-refractivity contribution in [2.75, 3.05) is 30.8 Å². The number of nitrogens with one attached hydrogen (secondary N) is 4. The summed E-state index contributed by atoms with van der Waals surface area (Å²) in [7, 11) is 1.85. The number of aryl methyl sites for hydroxylation is 1. The van der Waals surface area contributed by atoms with Crippen molar-refractivity contribution in [3.05, 3.63) is 94.7 Å². The zero-order chi connectivity index (χ0) is 29.5. The number of hydrogen-bond donors (Lipinski definition) is 4. The summed E-state index contributed by atoms with van der Waals surface area (Å²) in [6, 6.07) is 17.7. The molecule has 1 aliphatic rings. The van der Waals surface area contributed by atoms with E-state index in [4.69, 9.17) is 5.41 Å². The van der Waals surface area contributed by atoms with Gasteiger partial charge in [-0.3, -0.25) is 9.59 Å². The smallest absolute Gasteiger partial charge is 0.257 e. The van der Waals surface area contributed by atoms with Gasteiger partial charge in [0.1, 0.15) is 5.82 Å². The predicted molar refractivity (Wildman–Crippen MR) is 167 cm³/mol. The molecule has 0 radical (unpaired) electrons. The molecule has 4 rings (SSSR count). The van der Waals surface area contributed by atoms with E-state index in [1.165, 1.54) is 11.8 Å². The van der Waals surface area contributed by atoms with E-state index in [1.54, 1.807) is 30.5 Å². The van der Waals surface area contributed by atoms with Crippen LogP contribution in [0.5, 0.6) is 0 Å². The standard InChI is InChI=1S/C33H40N6O2/c1-21(2)37-31-13-12-27(19-36-31)32(40)38-30-18-26(7-6-22(30)3)33(41)39-17-15-28(23(4)20-39)24-8-10-25(11-9-24)29(35-5)14-16-34/h6-14,16,18-19,21,23,28,34-35H,15,17,20H2,1-5H3,(H,36,37)(H,38,40)/b29-14-,34-16?. The van der Waals surface area contributed by atoms with Gasteiger partial charge < -0.3 is 26.3 Å². The van der Waals surface area contributed by atoms with Gasteiger partial charge in [0.05, 0.1) is 5.56 Å². The summed E-state index contributed by atoms with van der Waals surface area (Å²) < 4.78 is 0. The normalized spacial score (nSPS) is 17.2. The van der Waals surface area contributed by atoms with Crippen LogP contribution in [0.25, 0.3) is 5.70 Å². The van der Waals surface area contributed by atoms with Crippen molar-refractivity contribution >= 4 is 35.2 Å². The fourth-order valence-electron chi connectivity index (χ4n) is 5.32. The monoisotopic (exact) mass is 552 g/mol. The minimum Gasteiger partial charge on any atom is -0.388 e. The van der Waals surface area contributed by atoms with E-state index in [0.717, 1.165) is 29.1 Å². The summed E-state index contributed by atoms with van der Waals surface area (Å²) in [5.41, 5.74) is 5.72. The minimum absolute atomic E-state index is 0.0256. The fraction of sp³-hybridized carbons (Fsp3) is 0.333. The number of pyridine rings is 1. The molecule has 2 atom stereocenters. The van der Waals surface area contributed by atoms with E-state index in [-0.39, 0.29) is 17.9 Å². The first-order valence-electron chi connectivity index (χ1n) is 14.1. The lowest BCUT2D eigenvalue weighted by molar-refractivity contribution is 0.0660. The van der Waals surface area contributed by atoms with Crippen LogP contribution in [0, 0.1) is 18.3 Å². The molecule has 0 spiro atoms. The van der Waals surface area contributed by atoms with Crippen LogP contribution in [-0.2, 0) is 0 Å². The molecule has 2 aromatic carbocycles. The van der Waals surface area contributed by atoms with E-state index < -0.39 is 0 Å². The van der Waals surface area contributed by atoms with E-state index in [1.807, 2.05) is 44.9 Å². The Morgan fingerprint density at radius 2 is 1.76 bits per heavy atom. The van der Waals surface area contributed by atoms with Gasteiger partial charge >= 0.3 is 0 Å². The molecule has 41 heavy (non-hydrogen) atoms. The van der Waals surface area contributed by atoms with Crippen LogP contribution in [0.15, 0.2) is 66.9 Å². The van der Waals surface area contributed by atoms with Gasteiger partial charge in [-0.2, -0.15) is 0 Å². The maximum absolute atomic E-state index is 13.5. The van der Waals surface area contributed by atoms with Crippen LogP contribution in [0.3, 0.4) is 0 Å². The molecule has 1 saturated heterocycles. The van der Waals surface area contributed by atoms with Crippen molar-refractivity contribution in [1.82, 2.24) is 15.2 Å². The van der Waals surface area contributed by atoms with Crippen molar-refractivity contribution in [2.24, 2.45) is 5.92 Å². The predicted octanol–water partition coefficient (Wildman–Crippen LogP) is 5.94. The lowest BCUT2D eigenvalue weighted by Crippen LogP contribution is -2.42. The second-order valence-electron chi connectivity index (χ2n) is 11.0. The number of allylic oxidation sites excluding steroid dienone is 1. The van der Waals surface area contributed by atoms with Crippen molar-refractivity contribution in [3.63, 3.8) is 0 Å². The van der Waals surface area contributed by atoms with Crippen molar-refractivity contribution in [1.29, 1.82) is 5.41 Å². The Labute approximate surface area is 242 Å². The molecule has 2 amide bonds. The van der Waals surface area contributed by atoms with E-state index in [2.05, 4.69) is 52.1 Å². The molecule has 3 aromatic rings. The molecule has 0 saturated carbocycles. The summed E-state index contributed by atoms with van der Waals surface area (Å²) in [6.45, 7) is 9.50. The third-order valence-electron chi connectivity index (χ3n) is 7.56. The third-order valence-corrected chi connectivity index (χ3v) is 7.56. The zero-order valence-corrected chi connectivity index (χ0v) is 24.5. The number of nitrogens with zero attached hydrogens (tertiary/aromatic N) is 2. The highest BCUT2D eigenvalue weighted by molar-refractivity contribution is 6.05. The molecule has 2 unspecified atom stereocenters. The Balaban J connectivity index is 1.41. The Hall–Kier alpha value is -4.46. The van der Waals surface area contributed by atoms with Gasteiger partial charge in [-0.05, 0) is 86.1 Å². The van der Waals surface area contributed by atoms with Gasteiger partial charge in [-0.15, -0.1) is 0 Å². The van der Waals surface area contributed by atoms with Gasteiger partial charge in [-0.25, -0.2) is 4.98 Å². The molecule has 214 valence electrons. The Bertz CT molecular complexity index is 1410. The summed E-state index contributed by atoms with van der Waals surface area (Å²) in [5.74, 6) is 1.08. The summed E-state index contributed by atoms with van der Waals surface area (Å²) >= 11 is 0. The lowest BCUT2D eigenvalue weighted by atomic mass is 9.81. The number of amides is 2. The molecular weight excluding hydrogens is 512 g/mol. The van der Waals surface area contributed by atoms with Crippen molar-refractivity contribution in [2.45, 2.75) is 46.1 Å². The number of aromatic nitrogens is 1. The fourth-order valence-corrected chi connectivity index (χ4v) is 5.32. The molecule has 1 fully saturated rings. The highest BCUT2D eigenvalue weighted by Gasteiger charge is 2.30. The first-order chi connectivity index (χ1) is 19.7. The number of likely N-dealkylation sites (tertiary alicyclic amines) is 1. The number of carbonyl (C=O) groups is 2. The van der Waals surface area contributed by atoms with E-state index >= 15 is 0 Å². The van der Waals surface area contributed by atoms with Gasteiger partial charge in [0.25, 0.3) is 11.8 Å². The molecule has 0 aliphatic carbocycles. The number of benzene rings is 2. The van der Waals surface area contributed by atoms with E-state index in [9.17, 15) is 9.59 Å². The highest BCUT2D eigenvalue weighted by atomic mass is 16.2. The van der Waals surface area contributed by atoms with Gasteiger partial charge in [-0.1, -0.05) is 37.3 Å². The summed E-state index contributed by atoms with van der Waals surface area (Å²) in [4.78, 5) is 32.7. The average molecular weight is 553 g/mol. The second kappa shape index (κ2) is 13.3. The third kappa shape index (κ3) is 7.20. The molecule has 2 heterocycles. The largest absolute Gasteiger partial charge is 0.388 e. The zero-order valence-electron chi connectivity index (χ0n) is 24.5. The van der Waals surface area contributed by atoms with Crippen LogP contribution >= 0.6 is 0 Å². The maximum atomic E-state index is 13.5. The van der Waals surface area contributed by atoms with Crippen LogP contribution < -0.4 is 16.0 Å². The highest BCUT2D eigenvalue weighted by Crippen LogP contribution is 2.34. The quantitative estimate of drug-likeness (QED) is 0.246. The second-order valence-corrected chi connectivity index (χ2v) is 11.0. The average Bonchev–Trinajstić information content (AvgIpc) is 2.97. The van der Waals surface area contributed by atoms with Crippen molar-refractivity contribution < 1.29 is 9.59 Å². The number of hydrogen-bond acceptors (Lipinski definition) is 6. The molecule has 1 aromatic heterocycles. The van der Waals surface area contributed by atoms with Crippen LogP contribution in [-0.4, -0.2) is 54.1 Å². The number of carbonyl (C=O) groups excluding carboxylic acids is 2. The van der Waals surface area contributed by atoms with Crippen LogP contribution in [0.4, 0.5) is 11.5 Å². The maximum Gasteiger partial charge on any atom is 0.257 e. The summed E-state index contributed by atoms with van der Waals surface area (Å²) in [5, 5.41) is 16.6. The first kappa shape index (κ1) is 29.5. The van der Waals surface area contributed by atoms with Crippen LogP contribution in [0.1, 0.15) is 70.5 Å². The topological polar surface area (TPSA) is 110 Å². The molecule has 8 nitrogen and oxygen atoms in total. The Morgan fingerprint density at radius 3 is 2.37 bits per heavy atom. The number of anilines is 2. The first-order valence-corrected chi connectivity index (χ1v) is 14.1. The van der Waals surface area contributed by atoms with Crippen LogP contribution in [0.2, 0.25) is 0 Å². The van der Waals surface area contributed by atoms with Crippen molar-refractivity contribution in [3.8, 4) is 0 Å². The van der Waals surface area contributed by atoms with Gasteiger partial charge in [0, 0.05) is 55.5 Å². The number of piperidine rings is 1. The minimum atomic E-state index is -0.267. The molecular formula is C33H40N6O2. The molecule has 1 aliphatic heterocycles. The Kier molecular flexibility index (Phi) is 9.55. The van der Waals surface area contributed by atoms with Gasteiger partial charge in [0.15, 0.2) is 0 Å². The molecule has 0 bridgehead atoms. The Morgan fingerprint density at radius 1 is 1.05 bits per heavy atom. The van der Waals surface area contributed by atoms with E-state index in [0.29, 0.717) is 41.7 Å². The lowest BCUT2D eigenvalue weighted by Gasteiger charge is -2.37. The molecule has 8 heteroatoms. The van der Waals surface area contributed by atoms with Gasteiger partial charge in [0.2, 0.25) is 0 Å².